The smallest absolute Gasteiger partial charge is 0.335 e. The van der Waals surface area contributed by atoms with Gasteiger partial charge in [-0.3, -0.25) is 9.59 Å². The number of nitrogens with two attached hydrogens (primary N) is 1. The lowest BCUT2D eigenvalue weighted by molar-refractivity contribution is -0.119. The first-order valence-corrected chi connectivity index (χ1v) is 7.15. The maximum Gasteiger partial charge on any atom is 0.335 e. The molecule has 8 heteroatoms. The van der Waals surface area contributed by atoms with Crippen LogP contribution in [-0.2, 0) is 11.2 Å². The van der Waals surface area contributed by atoms with Crippen LogP contribution in [0.1, 0.15) is 26.3 Å². The molecule has 0 bridgehead atoms. The Morgan fingerprint density at radius 2 is 1.72 bits per heavy atom. The highest BCUT2D eigenvalue weighted by atomic mass is 19.1. The van der Waals surface area contributed by atoms with Crippen LogP contribution in [0.4, 0.5) is 8.78 Å². The summed E-state index contributed by atoms with van der Waals surface area (Å²) in [6.45, 7) is 0. The van der Waals surface area contributed by atoms with E-state index in [2.05, 4.69) is 5.32 Å². The van der Waals surface area contributed by atoms with Gasteiger partial charge in [0.25, 0.3) is 5.91 Å². The molecule has 0 fully saturated rings. The van der Waals surface area contributed by atoms with Gasteiger partial charge in [-0.2, -0.15) is 0 Å². The van der Waals surface area contributed by atoms with Gasteiger partial charge in [-0.05, 0) is 29.8 Å². The van der Waals surface area contributed by atoms with Crippen molar-refractivity contribution in [2.75, 3.05) is 0 Å². The molecule has 0 aliphatic rings. The molecule has 130 valence electrons. The largest absolute Gasteiger partial charge is 0.478 e. The lowest BCUT2D eigenvalue weighted by Crippen LogP contribution is -2.46. The highest BCUT2D eigenvalue weighted by molar-refractivity contribution is 5.97. The first-order chi connectivity index (χ1) is 11.8. The first-order valence-electron chi connectivity index (χ1n) is 7.15. The van der Waals surface area contributed by atoms with E-state index in [0.29, 0.717) is 11.6 Å². The number of carbonyl (C=O) groups is 3. The third kappa shape index (κ3) is 4.60. The Bertz CT molecular complexity index is 822. The molecule has 0 spiro atoms. The van der Waals surface area contributed by atoms with Crippen molar-refractivity contribution in [2.24, 2.45) is 5.73 Å². The molecule has 2 amide bonds. The van der Waals surface area contributed by atoms with Gasteiger partial charge in [0.2, 0.25) is 5.91 Å². The van der Waals surface area contributed by atoms with E-state index in [9.17, 15) is 23.2 Å². The van der Waals surface area contributed by atoms with Crippen molar-refractivity contribution >= 4 is 17.8 Å². The van der Waals surface area contributed by atoms with Crippen molar-refractivity contribution in [2.45, 2.75) is 12.5 Å². The van der Waals surface area contributed by atoms with E-state index >= 15 is 0 Å². The molecule has 1 atom stereocenters. The van der Waals surface area contributed by atoms with Crippen LogP contribution in [0.5, 0.6) is 0 Å². The fourth-order valence-electron chi connectivity index (χ4n) is 2.15. The quantitative estimate of drug-likeness (QED) is 0.735. The van der Waals surface area contributed by atoms with Crippen LogP contribution in [-0.4, -0.2) is 28.9 Å². The van der Waals surface area contributed by atoms with Crippen LogP contribution >= 0.6 is 0 Å². The van der Waals surface area contributed by atoms with Crippen molar-refractivity contribution in [3.8, 4) is 0 Å². The average molecular weight is 348 g/mol. The van der Waals surface area contributed by atoms with Crippen LogP contribution < -0.4 is 11.1 Å². The van der Waals surface area contributed by atoms with Crippen LogP contribution in [0.25, 0.3) is 0 Å². The number of hydrogen-bond donors (Lipinski definition) is 3. The first kappa shape index (κ1) is 18.1. The molecule has 4 N–H and O–H groups in total. The summed E-state index contributed by atoms with van der Waals surface area (Å²) in [7, 11) is 0. The summed E-state index contributed by atoms with van der Waals surface area (Å²) < 4.78 is 26.5. The van der Waals surface area contributed by atoms with Gasteiger partial charge in [0.15, 0.2) is 0 Å². The maximum atomic E-state index is 13.6. The van der Waals surface area contributed by atoms with Gasteiger partial charge in [-0.15, -0.1) is 0 Å². The number of benzene rings is 2. The molecule has 0 aliphatic carbocycles. The predicted molar refractivity (Wildman–Crippen MR) is 83.9 cm³/mol. The third-order valence-corrected chi connectivity index (χ3v) is 3.47. The second-order valence-electron chi connectivity index (χ2n) is 5.26. The molecule has 0 heterocycles. The van der Waals surface area contributed by atoms with Gasteiger partial charge in [0.1, 0.15) is 17.7 Å². The SMILES string of the molecule is NC(=O)[C@H](Cc1ccc(C(=O)O)cc1)NC(=O)c1ccc(F)cc1F. The summed E-state index contributed by atoms with van der Waals surface area (Å²) in [5.74, 6) is -4.76. The van der Waals surface area contributed by atoms with Crippen LogP contribution in [0.3, 0.4) is 0 Å². The summed E-state index contributed by atoms with van der Waals surface area (Å²) >= 11 is 0. The predicted octanol–water partition coefficient (Wildman–Crippen LogP) is 1.49. The number of rotatable bonds is 6. The monoisotopic (exact) mass is 348 g/mol. The van der Waals surface area contributed by atoms with Gasteiger partial charge in [-0.25, -0.2) is 13.6 Å². The Labute approximate surface area is 141 Å². The average Bonchev–Trinajstić information content (AvgIpc) is 2.54. The lowest BCUT2D eigenvalue weighted by atomic mass is 10.0. The standard InChI is InChI=1S/C17H14F2N2O4/c18-11-5-6-12(13(19)8-11)16(23)21-14(15(20)22)7-9-1-3-10(4-2-9)17(24)25/h1-6,8,14H,7H2,(H2,20,22)(H,21,23)(H,24,25)/t14-/m0/s1. The van der Waals surface area contributed by atoms with E-state index in [-0.39, 0.29) is 12.0 Å². The highest BCUT2D eigenvalue weighted by Crippen LogP contribution is 2.11. The van der Waals surface area contributed by atoms with Crippen LogP contribution in [0, 0.1) is 11.6 Å². The minimum Gasteiger partial charge on any atom is -0.478 e. The van der Waals surface area contributed by atoms with Crippen molar-refractivity contribution in [1.29, 1.82) is 0 Å². The van der Waals surface area contributed by atoms with E-state index in [4.69, 9.17) is 10.8 Å². The number of amides is 2. The second-order valence-corrected chi connectivity index (χ2v) is 5.26. The zero-order chi connectivity index (χ0) is 18.6. The zero-order valence-corrected chi connectivity index (χ0v) is 12.8. The number of nitrogens with one attached hydrogen (secondary N) is 1. The molecule has 0 aliphatic heterocycles. The molecule has 0 saturated heterocycles. The minimum atomic E-state index is -1.15. The van der Waals surface area contributed by atoms with Gasteiger partial charge in [0, 0.05) is 12.5 Å². The van der Waals surface area contributed by atoms with E-state index in [1.165, 1.54) is 24.3 Å². The Morgan fingerprint density at radius 3 is 2.24 bits per heavy atom. The number of aromatic carboxylic acids is 1. The van der Waals surface area contributed by atoms with Gasteiger partial charge >= 0.3 is 5.97 Å². The Morgan fingerprint density at radius 1 is 1.08 bits per heavy atom. The second kappa shape index (κ2) is 7.52. The van der Waals surface area contributed by atoms with E-state index in [0.717, 1.165) is 12.1 Å². The van der Waals surface area contributed by atoms with Gasteiger partial charge in [-0.1, -0.05) is 12.1 Å². The Balaban J connectivity index is 2.14. The Hall–Kier alpha value is -3.29. The molecule has 2 rings (SSSR count). The van der Waals surface area contributed by atoms with Crippen molar-refractivity contribution in [3.05, 3.63) is 70.8 Å². The van der Waals surface area contributed by atoms with Gasteiger partial charge < -0.3 is 16.2 Å². The maximum absolute atomic E-state index is 13.6. The van der Waals surface area contributed by atoms with Crippen molar-refractivity contribution in [3.63, 3.8) is 0 Å². The normalized spacial score (nSPS) is 11.6. The highest BCUT2D eigenvalue weighted by Gasteiger charge is 2.21. The molecule has 2 aromatic rings. The fourth-order valence-corrected chi connectivity index (χ4v) is 2.15. The number of halogens is 2. The minimum absolute atomic E-state index is 0.0101. The van der Waals surface area contributed by atoms with E-state index in [1.54, 1.807) is 0 Å². The summed E-state index contributed by atoms with van der Waals surface area (Å²) in [6.07, 6.45) is -0.0101. The summed E-state index contributed by atoms with van der Waals surface area (Å²) in [5, 5.41) is 11.1. The lowest BCUT2D eigenvalue weighted by Gasteiger charge is -2.16. The van der Waals surface area contributed by atoms with Gasteiger partial charge in [0.05, 0.1) is 11.1 Å². The zero-order valence-electron chi connectivity index (χ0n) is 12.8. The van der Waals surface area contributed by atoms with Crippen LogP contribution in [0.2, 0.25) is 0 Å². The molecule has 0 saturated carbocycles. The topological polar surface area (TPSA) is 109 Å². The third-order valence-electron chi connectivity index (χ3n) is 3.47. The van der Waals surface area contributed by atoms with Crippen molar-refractivity contribution in [1.82, 2.24) is 5.32 Å². The molecule has 25 heavy (non-hydrogen) atoms. The molecule has 0 radical (unpaired) electrons. The number of carboxylic acid groups (broad SMARTS) is 1. The number of carbonyl (C=O) groups excluding carboxylic acids is 2. The number of carboxylic acids is 1. The van der Waals surface area contributed by atoms with Crippen molar-refractivity contribution < 1.29 is 28.3 Å². The fraction of sp³-hybridized carbons (Fsp3) is 0.118. The summed E-state index contributed by atoms with van der Waals surface area (Å²) in [4.78, 5) is 34.4. The Kier molecular flexibility index (Phi) is 5.43. The summed E-state index contributed by atoms with van der Waals surface area (Å²) in [5.41, 5.74) is 5.44. The van der Waals surface area contributed by atoms with E-state index in [1.807, 2.05) is 0 Å². The molecule has 0 unspecified atom stereocenters. The number of primary amides is 1. The molecular formula is C17H14F2N2O4. The van der Waals surface area contributed by atoms with E-state index < -0.39 is 41.0 Å². The molecule has 2 aromatic carbocycles. The van der Waals surface area contributed by atoms with Crippen LogP contribution in [0.15, 0.2) is 42.5 Å². The molecule has 6 nitrogen and oxygen atoms in total. The number of hydrogen-bond acceptors (Lipinski definition) is 3. The molecular weight excluding hydrogens is 334 g/mol. The summed E-state index contributed by atoms with van der Waals surface area (Å²) in [6, 6.07) is 6.93. The molecule has 0 aromatic heterocycles.